The molecule has 82 valence electrons. The molecule has 1 unspecified atom stereocenters. The number of hydrogen-bond donors (Lipinski definition) is 2. The van der Waals surface area contributed by atoms with Crippen molar-refractivity contribution in [2.45, 2.75) is 13.0 Å². The Morgan fingerprint density at radius 3 is 2.86 bits per heavy atom. The van der Waals surface area contributed by atoms with Gasteiger partial charge in [0, 0.05) is 13.1 Å². The van der Waals surface area contributed by atoms with Gasteiger partial charge in [-0.25, -0.2) is 8.42 Å². The minimum Gasteiger partial charge on any atom is -0.385 e. The average Bonchev–Trinajstić information content (AvgIpc) is 2.18. The normalized spacial score (nSPS) is 24.8. The Balaban J connectivity index is 2.70. The quantitative estimate of drug-likeness (QED) is 0.470. The van der Waals surface area contributed by atoms with Gasteiger partial charge >= 0.3 is 0 Å². The van der Waals surface area contributed by atoms with Gasteiger partial charge in [-0.1, -0.05) is 0 Å². The summed E-state index contributed by atoms with van der Waals surface area (Å²) in [6, 6.07) is 0. The van der Waals surface area contributed by atoms with Crippen LogP contribution in [0.5, 0.6) is 0 Å². The van der Waals surface area contributed by atoms with E-state index in [1.54, 1.807) is 6.92 Å². The highest BCUT2D eigenvalue weighted by Crippen LogP contribution is 2.10. The summed E-state index contributed by atoms with van der Waals surface area (Å²) >= 11 is 0. The Hall–Kier alpha value is -0.660. The molecule has 1 atom stereocenters. The van der Waals surface area contributed by atoms with Gasteiger partial charge in [0.2, 0.25) is 10.0 Å². The maximum Gasteiger partial charge on any atom is 0.214 e. The molecule has 0 aliphatic carbocycles. The van der Waals surface area contributed by atoms with Gasteiger partial charge in [0.1, 0.15) is 11.9 Å². The van der Waals surface area contributed by atoms with E-state index in [9.17, 15) is 8.42 Å². The molecule has 0 aromatic heterocycles. The van der Waals surface area contributed by atoms with Gasteiger partial charge in [-0.15, -0.1) is 0 Å². The van der Waals surface area contributed by atoms with Crippen LogP contribution in [0.4, 0.5) is 0 Å². The van der Waals surface area contributed by atoms with Gasteiger partial charge in [-0.2, -0.15) is 4.31 Å². The van der Waals surface area contributed by atoms with E-state index in [-0.39, 0.29) is 18.1 Å². The van der Waals surface area contributed by atoms with Crippen molar-refractivity contribution in [2.24, 2.45) is 5.73 Å². The topological polar surface area (TPSA) is 96.5 Å². The first-order chi connectivity index (χ1) is 6.47. The van der Waals surface area contributed by atoms with Gasteiger partial charge in [-0.05, 0) is 6.92 Å². The minimum atomic E-state index is -3.19. The van der Waals surface area contributed by atoms with E-state index < -0.39 is 16.1 Å². The zero-order chi connectivity index (χ0) is 10.8. The van der Waals surface area contributed by atoms with Gasteiger partial charge in [0.15, 0.2) is 0 Å². The number of hydrogen-bond acceptors (Lipinski definition) is 4. The summed E-state index contributed by atoms with van der Waals surface area (Å²) in [4.78, 5) is 0. The molecule has 1 heterocycles. The fourth-order valence-electron chi connectivity index (χ4n) is 1.25. The van der Waals surface area contributed by atoms with E-state index in [1.165, 1.54) is 4.31 Å². The molecule has 14 heavy (non-hydrogen) atoms. The Bertz CT molecular complexity index is 314. The number of amidine groups is 1. The molecule has 0 amide bonds. The van der Waals surface area contributed by atoms with E-state index in [2.05, 4.69) is 0 Å². The maximum atomic E-state index is 11.5. The first kappa shape index (κ1) is 11.4. The molecular weight excluding hydrogens is 206 g/mol. The summed E-state index contributed by atoms with van der Waals surface area (Å²) in [5.74, 6) is -0.0570. The molecule has 1 aliphatic heterocycles. The molecule has 1 rings (SSSR count). The minimum absolute atomic E-state index is 0.0671. The fraction of sp³-hybridized carbons (Fsp3) is 0.857. The molecule has 0 aromatic carbocycles. The van der Waals surface area contributed by atoms with Crippen molar-refractivity contribution in [1.29, 1.82) is 5.41 Å². The predicted molar refractivity (Wildman–Crippen MR) is 52.7 cm³/mol. The number of nitrogens with one attached hydrogen (secondary N) is 1. The summed E-state index contributed by atoms with van der Waals surface area (Å²) in [6.07, 6.45) is -0.593. The second-order valence-corrected chi connectivity index (χ2v) is 5.33. The number of ether oxygens (including phenoxy) is 1. The summed E-state index contributed by atoms with van der Waals surface area (Å²) in [5, 5.41) is 7.17. The van der Waals surface area contributed by atoms with Crippen LogP contribution in [-0.2, 0) is 14.8 Å². The van der Waals surface area contributed by atoms with Crippen LogP contribution in [0.25, 0.3) is 0 Å². The highest BCUT2D eigenvalue weighted by molar-refractivity contribution is 7.89. The van der Waals surface area contributed by atoms with Crippen molar-refractivity contribution in [3.05, 3.63) is 0 Å². The SMILES string of the molecule is CCS(=O)(=O)N1CCOC(C(=N)N)C1. The van der Waals surface area contributed by atoms with Crippen molar-refractivity contribution in [1.82, 2.24) is 4.31 Å². The average molecular weight is 221 g/mol. The van der Waals surface area contributed by atoms with E-state index in [4.69, 9.17) is 15.9 Å². The monoisotopic (exact) mass is 221 g/mol. The smallest absolute Gasteiger partial charge is 0.214 e. The fourth-order valence-corrected chi connectivity index (χ4v) is 2.33. The van der Waals surface area contributed by atoms with Crippen LogP contribution in [-0.4, -0.2) is 50.1 Å². The summed E-state index contributed by atoms with van der Waals surface area (Å²) < 4.78 is 29.4. The van der Waals surface area contributed by atoms with Crippen molar-refractivity contribution in [3.8, 4) is 0 Å². The zero-order valence-corrected chi connectivity index (χ0v) is 8.88. The second kappa shape index (κ2) is 4.24. The number of rotatable bonds is 3. The number of nitrogens with zero attached hydrogens (tertiary/aromatic N) is 1. The first-order valence-electron chi connectivity index (χ1n) is 4.40. The number of sulfonamides is 1. The first-order valence-corrected chi connectivity index (χ1v) is 6.01. The highest BCUT2D eigenvalue weighted by atomic mass is 32.2. The lowest BCUT2D eigenvalue weighted by Crippen LogP contribution is -2.50. The van der Waals surface area contributed by atoms with Gasteiger partial charge < -0.3 is 10.5 Å². The molecule has 6 nitrogen and oxygen atoms in total. The van der Waals surface area contributed by atoms with Gasteiger partial charge in [0.05, 0.1) is 12.4 Å². The third-order valence-electron chi connectivity index (χ3n) is 2.13. The molecule has 0 radical (unpaired) electrons. The van der Waals surface area contributed by atoms with Crippen molar-refractivity contribution in [2.75, 3.05) is 25.4 Å². The molecule has 1 aliphatic rings. The lowest BCUT2D eigenvalue weighted by molar-refractivity contribution is 0.0369. The molecule has 0 spiro atoms. The van der Waals surface area contributed by atoms with Gasteiger partial charge in [-0.3, -0.25) is 5.41 Å². The van der Waals surface area contributed by atoms with E-state index in [1.807, 2.05) is 0 Å². The summed E-state index contributed by atoms with van der Waals surface area (Å²) in [7, 11) is -3.19. The van der Waals surface area contributed by atoms with Crippen molar-refractivity contribution < 1.29 is 13.2 Å². The molecule has 0 aromatic rings. The lowest BCUT2D eigenvalue weighted by Gasteiger charge is -2.31. The van der Waals surface area contributed by atoms with E-state index in [0.29, 0.717) is 13.2 Å². The second-order valence-electron chi connectivity index (χ2n) is 3.07. The highest BCUT2D eigenvalue weighted by Gasteiger charge is 2.29. The Morgan fingerprint density at radius 1 is 1.71 bits per heavy atom. The van der Waals surface area contributed by atoms with Crippen LogP contribution in [0.2, 0.25) is 0 Å². The number of nitrogens with two attached hydrogens (primary N) is 1. The Labute approximate surface area is 83.6 Å². The third kappa shape index (κ3) is 2.43. The zero-order valence-electron chi connectivity index (χ0n) is 8.06. The van der Waals surface area contributed by atoms with Crippen molar-refractivity contribution in [3.63, 3.8) is 0 Å². The molecular formula is C7H15N3O3S. The third-order valence-corrected chi connectivity index (χ3v) is 3.98. The molecule has 0 bridgehead atoms. The van der Waals surface area contributed by atoms with Crippen LogP contribution in [0.1, 0.15) is 6.92 Å². The van der Waals surface area contributed by atoms with Gasteiger partial charge in [0.25, 0.3) is 0 Å². The molecule has 0 saturated carbocycles. The van der Waals surface area contributed by atoms with Crippen LogP contribution in [0, 0.1) is 5.41 Å². The molecule has 7 heteroatoms. The standard InChI is InChI=1S/C7H15N3O3S/c1-2-14(11,12)10-3-4-13-6(5-10)7(8)9/h6H,2-5H2,1H3,(H3,8,9). The molecule has 1 saturated heterocycles. The number of morpholine rings is 1. The van der Waals surface area contributed by atoms with Crippen LogP contribution in [0.15, 0.2) is 0 Å². The lowest BCUT2D eigenvalue weighted by atomic mass is 10.3. The van der Waals surface area contributed by atoms with Crippen LogP contribution in [0.3, 0.4) is 0 Å². The van der Waals surface area contributed by atoms with E-state index in [0.717, 1.165) is 0 Å². The van der Waals surface area contributed by atoms with Crippen LogP contribution < -0.4 is 5.73 Å². The Morgan fingerprint density at radius 2 is 2.36 bits per heavy atom. The largest absolute Gasteiger partial charge is 0.385 e. The molecule has 1 fully saturated rings. The predicted octanol–water partition coefficient (Wildman–Crippen LogP) is -1.03. The maximum absolute atomic E-state index is 11.5. The van der Waals surface area contributed by atoms with Crippen molar-refractivity contribution >= 4 is 15.9 Å². The Kier molecular flexibility index (Phi) is 3.46. The summed E-state index contributed by atoms with van der Waals surface area (Å²) in [6.45, 7) is 2.39. The van der Waals surface area contributed by atoms with Crippen LogP contribution >= 0.6 is 0 Å². The van der Waals surface area contributed by atoms with E-state index >= 15 is 0 Å². The summed E-state index contributed by atoms with van der Waals surface area (Å²) in [5.41, 5.74) is 5.25. The molecule has 3 N–H and O–H groups in total.